The second-order valence-electron chi connectivity index (χ2n) is 4.19. The lowest BCUT2D eigenvalue weighted by atomic mass is 10.2. The third kappa shape index (κ3) is 4.14. The molecule has 102 valence electrons. The number of aromatic nitrogens is 2. The number of carbonyl (C=O) groups is 1. The summed E-state index contributed by atoms with van der Waals surface area (Å²) < 4.78 is 1.73. The minimum Gasteiger partial charge on any atom is -0.326 e. The summed E-state index contributed by atoms with van der Waals surface area (Å²) in [6.45, 7) is 0. The van der Waals surface area contributed by atoms with E-state index in [2.05, 4.69) is 10.4 Å². The molecule has 5 nitrogen and oxygen atoms in total. The monoisotopic (exact) mass is 286 g/mol. The van der Waals surface area contributed by atoms with E-state index in [0.717, 1.165) is 4.90 Å². The number of nitrogens with one attached hydrogen (secondary N) is 1. The van der Waals surface area contributed by atoms with Crippen molar-refractivity contribution >= 4 is 23.4 Å². The Hall–Kier alpha value is -2.26. The molecule has 2 aromatic rings. The molecule has 20 heavy (non-hydrogen) atoms. The Balaban J connectivity index is 1.79. The molecule has 6 heteroatoms. The number of carbonyl (C=O) groups excluding carboxylic acids is 1. The summed E-state index contributed by atoms with van der Waals surface area (Å²) in [5.74, 6) is 0.631. The van der Waals surface area contributed by atoms with Crippen LogP contribution in [0.3, 0.4) is 0 Å². The van der Waals surface area contributed by atoms with E-state index in [0.29, 0.717) is 23.4 Å². The molecular formula is C14H14N4OS. The molecule has 1 N–H and O–H groups in total. The van der Waals surface area contributed by atoms with Gasteiger partial charge in [-0.2, -0.15) is 10.4 Å². The van der Waals surface area contributed by atoms with Crippen LogP contribution in [0.5, 0.6) is 0 Å². The summed E-state index contributed by atoms with van der Waals surface area (Å²) in [7, 11) is 1.86. The van der Waals surface area contributed by atoms with Crippen LogP contribution in [0.1, 0.15) is 12.0 Å². The van der Waals surface area contributed by atoms with Gasteiger partial charge in [-0.25, -0.2) is 0 Å². The molecule has 0 bridgehead atoms. The normalized spacial score (nSPS) is 10.0. The van der Waals surface area contributed by atoms with Crippen molar-refractivity contribution in [3.63, 3.8) is 0 Å². The molecule has 0 spiro atoms. The lowest BCUT2D eigenvalue weighted by molar-refractivity contribution is -0.115. The van der Waals surface area contributed by atoms with Crippen molar-refractivity contribution in [3.05, 3.63) is 42.2 Å². The van der Waals surface area contributed by atoms with Crippen molar-refractivity contribution in [2.24, 2.45) is 7.05 Å². The number of amides is 1. The van der Waals surface area contributed by atoms with Gasteiger partial charge in [0.2, 0.25) is 5.91 Å². The summed E-state index contributed by atoms with van der Waals surface area (Å²) in [6.07, 6.45) is 4.11. The maximum atomic E-state index is 11.8. The smallest absolute Gasteiger partial charge is 0.225 e. The van der Waals surface area contributed by atoms with Crippen LogP contribution < -0.4 is 5.32 Å². The molecule has 1 heterocycles. The lowest BCUT2D eigenvalue weighted by Gasteiger charge is -2.04. The van der Waals surface area contributed by atoms with Crippen molar-refractivity contribution in [1.29, 1.82) is 5.26 Å². The first-order valence-corrected chi connectivity index (χ1v) is 7.07. The number of nitriles is 1. The van der Waals surface area contributed by atoms with Gasteiger partial charge in [-0.05, 0) is 18.2 Å². The zero-order chi connectivity index (χ0) is 14.4. The first kappa shape index (κ1) is 14.2. The van der Waals surface area contributed by atoms with Crippen LogP contribution in [0.4, 0.5) is 5.69 Å². The minimum absolute atomic E-state index is 0.0588. The highest BCUT2D eigenvalue weighted by molar-refractivity contribution is 7.99. The number of hydrogen-bond donors (Lipinski definition) is 1. The van der Waals surface area contributed by atoms with E-state index in [1.165, 1.54) is 0 Å². The second-order valence-corrected chi connectivity index (χ2v) is 5.36. The average Bonchev–Trinajstić information content (AvgIpc) is 2.84. The van der Waals surface area contributed by atoms with Gasteiger partial charge in [-0.3, -0.25) is 9.48 Å². The quantitative estimate of drug-likeness (QED) is 0.857. The molecule has 1 aromatic heterocycles. The van der Waals surface area contributed by atoms with Crippen LogP contribution in [0.25, 0.3) is 0 Å². The average molecular weight is 286 g/mol. The molecule has 0 aliphatic heterocycles. The molecule has 0 saturated heterocycles. The third-order valence-electron chi connectivity index (χ3n) is 2.55. The Morgan fingerprint density at radius 2 is 2.40 bits per heavy atom. The first-order chi connectivity index (χ1) is 9.67. The van der Waals surface area contributed by atoms with Crippen molar-refractivity contribution in [3.8, 4) is 6.07 Å². The molecule has 0 unspecified atom stereocenters. The van der Waals surface area contributed by atoms with Crippen LogP contribution in [-0.2, 0) is 11.8 Å². The number of hydrogen-bond acceptors (Lipinski definition) is 4. The van der Waals surface area contributed by atoms with E-state index >= 15 is 0 Å². The molecule has 0 atom stereocenters. The first-order valence-electron chi connectivity index (χ1n) is 6.09. The molecule has 0 aliphatic carbocycles. The van der Waals surface area contributed by atoms with E-state index in [9.17, 15) is 4.79 Å². The van der Waals surface area contributed by atoms with Gasteiger partial charge in [-0.1, -0.05) is 6.07 Å². The van der Waals surface area contributed by atoms with E-state index in [-0.39, 0.29) is 5.91 Å². The number of aryl methyl sites for hydroxylation is 1. The van der Waals surface area contributed by atoms with Crippen molar-refractivity contribution < 1.29 is 4.79 Å². The van der Waals surface area contributed by atoms with E-state index in [1.807, 2.05) is 19.3 Å². The maximum Gasteiger partial charge on any atom is 0.225 e. The van der Waals surface area contributed by atoms with Crippen LogP contribution >= 0.6 is 11.8 Å². The molecule has 0 fully saturated rings. The predicted octanol–water partition coefficient (Wildman–Crippen LogP) is 2.41. The largest absolute Gasteiger partial charge is 0.326 e. The van der Waals surface area contributed by atoms with Crippen LogP contribution in [0, 0.1) is 11.3 Å². The summed E-state index contributed by atoms with van der Waals surface area (Å²) in [5.41, 5.74) is 1.19. The Kier molecular flexibility index (Phi) is 4.80. The highest BCUT2D eigenvalue weighted by Gasteiger charge is 2.04. The van der Waals surface area contributed by atoms with Crippen molar-refractivity contribution in [2.45, 2.75) is 11.3 Å². The summed E-state index contributed by atoms with van der Waals surface area (Å²) in [5, 5.41) is 15.6. The Bertz CT molecular complexity index is 645. The van der Waals surface area contributed by atoms with Gasteiger partial charge in [0.05, 0.1) is 17.8 Å². The fourth-order valence-electron chi connectivity index (χ4n) is 1.62. The third-order valence-corrected chi connectivity index (χ3v) is 3.51. The van der Waals surface area contributed by atoms with E-state index in [1.54, 1.807) is 46.9 Å². The summed E-state index contributed by atoms with van der Waals surface area (Å²) in [6, 6.07) is 8.92. The van der Waals surface area contributed by atoms with Gasteiger partial charge in [0.15, 0.2) is 0 Å². The Labute approximate surface area is 121 Å². The van der Waals surface area contributed by atoms with Crippen LogP contribution in [0.2, 0.25) is 0 Å². The standard InChI is InChI=1S/C14H14N4OS/c1-18-10-13(9-16-18)20-6-5-14(19)17-12-4-2-3-11(7-12)8-15/h2-4,7,9-10H,5-6H2,1H3,(H,17,19). The Morgan fingerprint density at radius 3 is 3.10 bits per heavy atom. The molecule has 0 radical (unpaired) electrons. The minimum atomic E-state index is -0.0588. The number of thioether (sulfide) groups is 1. The van der Waals surface area contributed by atoms with Gasteiger partial charge in [-0.15, -0.1) is 11.8 Å². The highest BCUT2D eigenvalue weighted by Crippen LogP contribution is 2.17. The fraction of sp³-hybridized carbons (Fsp3) is 0.214. The van der Waals surface area contributed by atoms with Gasteiger partial charge in [0.1, 0.15) is 0 Å². The number of anilines is 1. The SMILES string of the molecule is Cn1cc(SCCC(=O)Nc2cccc(C#N)c2)cn1. The summed E-state index contributed by atoms with van der Waals surface area (Å²) in [4.78, 5) is 12.8. The lowest BCUT2D eigenvalue weighted by Crippen LogP contribution is -2.12. The zero-order valence-corrected chi connectivity index (χ0v) is 11.9. The number of rotatable bonds is 5. The fourth-order valence-corrected chi connectivity index (χ4v) is 2.50. The van der Waals surface area contributed by atoms with Crippen molar-refractivity contribution in [2.75, 3.05) is 11.1 Å². The summed E-state index contributed by atoms with van der Waals surface area (Å²) >= 11 is 1.59. The number of nitrogens with zero attached hydrogens (tertiary/aromatic N) is 3. The van der Waals surface area contributed by atoms with Crippen LogP contribution in [-0.4, -0.2) is 21.4 Å². The Morgan fingerprint density at radius 1 is 1.55 bits per heavy atom. The highest BCUT2D eigenvalue weighted by atomic mass is 32.2. The van der Waals surface area contributed by atoms with E-state index < -0.39 is 0 Å². The molecule has 1 aromatic carbocycles. The van der Waals surface area contributed by atoms with Gasteiger partial charge < -0.3 is 5.32 Å². The maximum absolute atomic E-state index is 11.8. The second kappa shape index (κ2) is 6.78. The molecular weight excluding hydrogens is 272 g/mol. The molecule has 2 rings (SSSR count). The van der Waals surface area contributed by atoms with E-state index in [4.69, 9.17) is 5.26 Å². The van der Waals surface area contributed by atoms with Gasteiger partial charge in [0, 0.05) is 36.0 Å². The van der Waals surface area contributed by atoms with Gasteiger partial charge in [0.25, 0.3) is 0 Å². The van der Waals surface area contributed by atoms with Crippen molar-refractivity contribution in [1.82, 2.24) is 9.78 Å². The number of benzene rings is 1. The molecule has 1 amide bonds. The topological polar surface area (TPSA) is 70.7 Å². The van der Waals surface area contributed by atoms with Crippen LogP contribution in [0.15, 0.2) is 41.6 Å². The molecule has 0 saturated carbocycles. The zero-order valence-electron chi connectivity index (χ0n) is 11.0. The predicted molar refractivity (Wildman–Crippen MR) is 78.3 cm³/mol. The molecule has 0 aliphatic rings. The van der Waals surface area contributed by atoms with Gasteiger partial charge >= 0.3 is 0 Å².